The number of hydrogen-bond acceptors (Lipinski definition) is 6. The molecule has 0 aliphatic heterocycles. The van der Waals surface area contributed by atoms with Crippen LogP contribution in [0.1, 0.15) is 25.2 Å². The standard InChI is InChI=1S/C13H21N7/c1-4-14-13-15-6-11(7-16-13)8-19(3)9-12-18-17-10-20(12)5-2/h6-7,10H,4-5,8-9H2,1-3H3,(H,14,15,16). The van der Waals surface area contributed by atoms with Crippen LogP contribution in [0.3, 0.4) is 0 Å². The second-order valence-corrected chi connectivity index (χ2v) is 4.65. The summed E-state index contributed by atoms with van der Waals surface area (Å²) >= 11 is 0. The van der Waals surface area contributed by atoms with Crippen LogP contribution >= 0.6 is 0 Å². The van der Waals surface area contributed by atoms with E-state index in [1.54, 1.807) is 6.33 Å². The summed E-state index contributed by atoms with van der Waals surface area (Å²) in [5.41, 5.74) is 1.08. The van der Waals surface area contributed by atoms with Crippen LogP contribution in [0.4, 0.5) is 5.95 Å². The normalized spacial score (nSPS) is 11.0. The van der Waals surface area contributed by atoms with Gasteiger partial charge in [-0.15, -0.1) is 10.2 Å². The van der Waals surface area contributed by atoms with Crippen LogP contribution in [0, 0.1) is 0 Å². The van der Waals surface area contributed by atoms with Crippen LogP contribution in [0.15, 0.2) is 18.7 Å². The number of hydrogen-bond donors (Lipinski definition) is 1. The second kappa shape index (κ2) is 6.95. The minimum absolute atomic E-state index is 0.671. The van der Waals surface area contributed by atoms with Crippen LogP contribution in [-0.4, -0.2) is 43.2 Å². The first kappa shape index (κ1) is 14.4. The lowest BCUT2D eigenvalue weighted by molar-refractivity contribution is 0.304. The summed E-state index contributed by atoms with van der Waals surface area (Å²) in [5, 5.41) is 11.2. The fourth-order valence-electron chi connectivity index (χ4n) is 1.96. The summed E-state index contributed by atoms with van der Waals surface area (Å²) in [6.45, 7) is 7.35. The molecule has 1 N–H and O–H groups in total. The molecule has 0 amide bonds. The monoisotopic (exact) mass is 275 g/mol. The maximum atomic E-state index is 4.27. The minimum Gasteiger partial charge on any atom is -0.355 e. The quantitative estimate of drug-likeness (QED) is 0.817. The number of aromatic nitrogens is 5. The maximum Gasteiger partial charge on any atom is 0.222 e. The van der Waals surface area contributed by atoms with Gasteiger partial charge >= 0.3 is 0 Å². The van der Waals surface area contributed by atoms with Gasteiger partial charge in [-0.25, -0.2) is 9.97 Å². The molecule has 0 saturated heterocycles. The molecule has 0 unspecified atom stereocenters. The Bertz CT molecular complexity index is 520. The summed E-state index contributed by atoms with van der Waals surface area (Å²) in [4.78, 5) is 10.7. The molecule has 0 saturated carbocycles. The Balaban J connectivity index is 1.92. The first-order chi connectivity index (χ1) is 9.72. The highest BCUT2D eigenvalue weighted by atomic mass is 15.3. The van der Waals surface area contributed by atoms with Crippen molar-refractivity contribution in [2.45, 2.75) is 33.5 Å². The predicted molar refractivity (Wildman–Crippen MR) is 77.1 cm³/mol. The van der Waals surface area contributed by atoms with Gasteiger partial charge < -0.3 is 9.88 Å². The third-order valence-corrected chi connectivity index (χ3v) is 2.94. The third-order valence-electron chi connectivity index (χ3n) is 2.94. The van der Waals surface area contributed by atoms with Crippen molar-refractivity contribution < 1.29 is 0 Å². The first-order valence-corrected chi connectivity index (χ1v) is 6.83. The fourth-order valence-corrected chi connectivity index (χ4v) is 1.96. The van der Waals surface area contributed by atoms with Crippen LogP contribution < -0.4 is 5.32 Å². The molecule has 0 aliphatic rings. The topological polar surface area (TPSA) is 71.8 Å². The number of aryl methyl sites for hydroxylation is 1. The van der Waals surface area contributed by atoms with Crippen molar-refractivity contribution in [2.24, 2.45) is 0 Å². The Labute approximate surface area is 119 Å². The maximum absolute atomic E-state index is 4.27. The van der Waals surface area contributed by atoms with Gasteiger partial charge in [-0.2, -0.15) is 0 Å². The van der Waals surface area contributed by atoms with Gasteiger partial charge in [0.05, 0.1) is 6.54 Å². The van der Waals surface area contributed by atoms with Crippen LogP contribution in [0.5, 0.6) is 0 Å². The zero-order valence-corrected chi connectivity index (χ0v) is 12.2. The van der Waals surface area contributed by atoms with E-state index in [4.69, 9.17) is 0 Å². The Morgan fingerprint density at radius 2 is 1.95 bits per heavy atom. The number of anilines is 1. The van der Waals surface area contributed by atoms with E-state index >= 15 is 0 Å². The highest BCUT2D eigenvalue weighted by Gasteiger charge is 2.08. The molecule has 7 heteroatoms. The van der Waals surface area contributed by atoms with Gasteiger partial charge in [0.2, 0.25) is 5.95 Å². The molecule has 108 valence electrons. The molecule has 0 aromatic carbocycles. The minimum atomic E-state index is 0.671. The summed E-state index contributed by atoms with van der Waals surface area (Å²) < 4.78 is 2.04. The predicted octanol–water partition coefficient (Wildman–Crippen LogP) is 1.15. The van der Waals surface area contributed by atoms with Gasteiger partial charge in [-0.05, 0) is 20.9 Å². The molecule has 2 heterocycles. The molecule has 2 aromatic rings. The SMILES string of the molecule is CCNc1ncc(CN(C)Cc2nncn2CC)cn1. The molecular formula is C13H21N7. The molecule has 0 fully saturated rings. The highest BCUT2D eigenvalue weighted by Crippen LogP contribution is 2.06. The summed E-state index contributed by atoms with van der Waals surface area (Å²) in [6, 6.07) is 0. The van der Waals surface area contributed by atoms with Crippen molar-refractivity contribution in [2.75, 3.05) is 18.9 Å². The largest absolute Gasteiger partial charge is 0.355 e. The number of rotatable bonds is 7. The van der Waals surface area contributed by atoms with Gasteiger partial charge in [0.25, 0.3) is 0 Å². The van der Waals surface area contributed by atoms with Crippen molar-refractivity contribution in [1.29, 1.82) is 0 Å². The second-order valence-electron chi connectivity index (χ2n) is 4.65. The van der Waals surface area contributed by atoms with Gasteiger partial charge in [0.15, 0.2) is 0 Å². The highest BCUT2D eigenvalue weighted by molar-refractivity contribution is 5.24. The van der Waals surface area contributed by atoms with E-state index in [9.17, 15) is 0 Å². The van der Waals surface area contributed by atoms with Crippen LogP contribution in [-0.2, 0) is 19.6 Å². The summed E-state index contributed by atoms with van der Waals surface area (Å²) in [7, 11) is 2.05. The van der Waals surface area contributed by atoms with E-state index < -0.39 is 0 Å². The Hall–Kier alpha value is -2.02. The van der Waals surface area contributed by atoms with Crippen molar-refractivity contribution in [3.05, 3.63) is 30.1 Å². The molecule has 7 nitrogen and oxygen atoms in total. The number of nitrogens with one attached hydrogen (secondary N) is 1. The van der Waals surface area contributed by atoms with Gasteiger partial charge in [-0.3, -0.25) is 4.90 Å². The van der Waals surface area contributed by atoms with Crippen molar-refractivity contribution in [3.8, 4) is 0 Å². The molecule has 20 heavy (non-hydrogen) atoms. The van der Waals surface area contributed by atoms with Crippen molar-refractivity contribution >= 4 is 5.95 Å². The molecule has 0 atom stereocenters. The zero-order chi connectivity index (χ0) is 14.4. The van der Waals surface area contributed by atoms with Crippen LogP contribution in [0.25, 0.3) is 0 Å². The van der Waals surface area contributed by atoms with E-state index in [-0.39, 0.29) is 0 Å². The van der Waals surface area contributed by atoms with Gasteiger partial charge in [0, 0.05) is 37.6 Å². The smallest absolute Gasteiger partial charge is 0.222 e. The molecule has 2 aromatic heterocycles. The lowest BCUT2D eigenvalue weighted by Crippen LogP contribution is -2.20. The Kier molecular flexibility index (Phi) is 5.00. The molecule has 0 radical (unpaired) electrons. The van der Waals surface area contributed by atoms with Gasteiger partial charge in [-0.1, -0.05) is 0 Å². The molecular weight excluding hydrogens is 254 g/mol. The Morgan fingerprint density at radius 1 is 1.20 bits per heavy atom. The summed E-state index contributed by atoms with van der Waals surface area (Å²) in [5.74, 6) is 1.64. The first-order valence-electron chi connectivity index (χ1n) is 6.83. The molecule has 0 bridgehead atoms. The van der Waals surface area contributed by atoms with E-state index in [0.717, 1.165) is 37.6 Å². The average Bonchev–Trinajstić information content (AvgIpc) is 2.88. The van der Waals surface area contributed by atoms with Gasteiger partial charge in [0.1, 0.15) is 12.2 Å². The summed E-state index contributed by atoms with van der Waals surface area (Å²) in [6.07, 6.45) is 5.47. The third kappa shape index (κ3) is 3.74. The lowest BCUT2D eigenvalue weighted by Gasteiger charge is -2.16. The van der Waals surface area contributed by atoms with E-state index in [0.29, 0.717) is 5.95 Å². The molecule has 0 aliphatic carbocycles. The van der Waals surface area contributed by atoms with E-state index in [1.807, 2.05) is 30.9 Å². The molecule has 2 rings (SSSR count). The van der Waals surface area contributed by atoms with Crippen LogP contribution in [0.2, 0.25) is 0 Å². The Morgan fingerprint density at radius 3 is 2.60 bits per heavy atom. The molecule has 0 spiro atoms. The van der Waals surface area contributed by atoms with Crippen molar-refractivity contribution in [3.63, 3.8) is 0 Å². The van der Waals surface area contributed by atoms with E-state index in [1.165, 1.54) is 0 Å². The number of nitrogens with zero attached hydrogens (tertiary/aromatic N) is 6. The fraction of sp³-hybridized carbons (Fsp3) is 0.538. The lowest BCUT2D eigenvalue weighted by atomic mass is 10.3. The van der Waals surface area contributed by atoms with Crippen molar-refractivity contribution in [1.82, 2.24) is 29.6 Å². The zero-order valence-electron chi connectivity index (χ0n) is 12.2. The van der Waals surface area contributed by atoms with E-state index in [2.05, 4.69) is 37.3 Å². The average molecular weight is 275 g/mol.